The molecule has 1 aliphatic carbocycles. The number of allylic oxidation sites excluding steroid dienone is 2. The van der Waals surface area contributed by atoms with E-state index < -0.39 is 0 Å². The molecule has 0 saturated heterocycles. The number of hydrogen-bond acceptors (Lipinski definition) is 1. The highest BCUT2D eigenvalue weighted by atomic mass is 16.1. The molecule has 0 N–H and O–H groups in total. The van der Waals surface area contributed by atoms with Gasteiger partial charge in [-0.2, -0.15) is 0 Å². The van der Waals surface area contributed by atoms with Gasteiger partial charge in [-0.25, -0.2) is 0 Å². The highest BCUT2D eigenvalue weighted by Crippen LogP contribution is 2.31. The lowest BCUT2D eigenvalue weighted by molar-refractivity contribution is -0.119. The molecule has 0 spiro atoms. The van der Waals surface area contributed by atoms with Gasteiger partial charge in [-0.05, 0) is 18.9 Å². The zero-order valence-corrected chi connectivity index (χ0v) is 6.19. The molecule has 0 saturated carbocycles. The maximum absolute atomic E-state index is 10.9. The van der Waals surface area contributed by atoms with E-state index in [2.05, 4.69) is 6.92 Å². The van der Waals surface area contributed by atoms with Crippen molar-refractivity contribution in [2.45, 2.75) is 27.2 Å². The van der Waals surface area contributed by atoms with Gasteiger partial charge in [-0.1, -0.05) is 19.4 Å². The Labute approximate surface area is 55.8 Å². The molecule has 0 amide bonds. The largest absolute Gasteiger partial charge is 0.294 e. The molecule has 50 valence electrons. The van der Waals surface area contributed by atoms with Gasteiger partial charge in [0.2, 0.25) is 0 Å². The molecule has 1 rings (SSSR count). The Hall–Kier alpha value is -0.590. The van der Waals surface area contributed by atoms with Gasteiger partial charge < -0.3 is 0 Å². The van der Waals surface area contributed by atoms with Gasteiger partial charge >= 0.3 is 0 Å². The van der Waals surface area contributed by atoms with Crippen LogP contribution >= 0.6 is 0 Å². The minimum Gasteiger partial charge on any atom is -0.294 e. The van der Waals surface area contributed by atoms with Crippen molar-refractivity contribution in [2.75, 3.05) is 0 Å². The molecule has 0 heterocycles. The second-order valence-electron chi connectivity index (χ2n) is 2.59. The van der Waals surface area contributed by atoms with E-state index in [0.717, 1.165) is 12.0 Å². The third kappa shape index (κ3) is 0.716. The highest BCUT2D eigenvalue weighted by Gasteiger charge is 2.30. The molecule has 1 nitrogen and oxygen atoms in total. The van der Waals surface area contributed by atoms with Crippen LogP contribution in [0.4, 0.5) is 0 Å². The number of carbonyl (C=O) groups is 1. The Kier molecular flexibility index (Phi) is 1.43. The van der Waals surface area contributed by atoms with Gasteiger partial charge in [-0.3, -0.25) is 4.79 Å². The van der Waals surface area contributed by atoms with Crippen LogP contribution in [0.3, 0.4) is 0 Å². The Bertz CT molecular complexity index is 177. The molecule has 0 aliphatic heterocycles. The summed E-state index contributed by atoms with van der Waals surface area (Å²) in [5.74, 6) is 0.571. The van der Waals surface area contributed by atoms with Crippen molar-refractivity contribution in [1.82, 2.24) is 0 Å². The normalized spacial score (nSPS) is 26.6. The summed E-state index contributed by atoms with van der Waals surface area (Å²) in [6.07, 6.45) is 1.04. The molecule has 1 aliphatic rings. The summed E-state index contributed by atoms with van der Waals surface area (Å²) in [5.41, 5.74) is 2.35. The van der Waals surface area contributed by atoms with Gasteiger partial charge in [0.05, 0.1) is 0 Å². The van der Waals surface area contributed by atoms with Crippen LogP contribution in [0.2, 0.25) is 0 Å². The fraction of sp³-hybridized carbons (Fsp3) is 0.625. The van der Waals surface area contributed by atoms with E-state index in [4.69, 9.17) is 0 Å². The topological polar surface area (TPSA) is 17.1 Å². The molecule has 0 aromatic rings. The van der Waals surface area contributed by atoms with E-state index in [1.54, 1.807) is 0 Å². The van der Waals surface area contributed by atoms with Crippen molar-refractivity contribution >= 4 is 5.78 Å². The summed E-state index contributed by atoms with van der Waals surface area (Å²) in [6, 6.07) is 0. The van der Waals surface area contributed by atoms with Gasteiger partial charge in [0.1, 0.15) is 0 Å². The average molecular weight is 124 g/mol. The van der Waals surface area contributed by atoms with Crippen molar-refractivity contribution < 1.29 is 4.79 Å². The van der Waals surface area contributed by atoms with Crippen LogP contribution in [0, 0.1) is 5.92 Å². The molecule has 1 heteroatoms. The molecular formula is C8H12O. The van der Waals surface area contributed by atoms with Crippen molar-refractivity contribution in [3.8, 4) is 0 Å². The molecule has 0 bridgehead atoms. The summed E-state index contributed by atoms with van der Waals surface area (Å²) in [6.45, 7) is 6.00. The number of hydrogen-bond donors (Lipinski definition) is 0. The van der Waals surface area contributed by atoms with Crippen LogP contribution in [-0.4, -0.2) is 5.78 Å². The summed E-state index contributed by atoms with van der Waals surface area (Å²) in [5, 5.41) is 0. The Balaban J connectivity index is 2.83. The van der Waals surface area contributed by atoms with E-state index in [1.807, 2.05) is 13.8 Å². The van der Waals surface area contributed by atoms with Crippen molar-refractivity contribution in [2.24, 2.45) is 5.92 Å². The summed E-state index contributed by atoms with van der Waals surface area (Å²) >= 11 is 0. The molecule has 1 unspecified atom stereocenters. The van der Waals surface area contributed by atoms with E-state index >= 15 is 0 Å². The van der Waals surface area contributed by atoms with Crippen LogP contribution < -0.4 is 0 Å². The first-order valence-electron chi connectivity index (χ1n) is 3.42. The van der Waals surface area contributed by atoms with E-state index in [-0.39, 0.29) is 5.92 Å². The summed E-state index contributed by atoms with van der Waals surface area (Å²) in [7, 11) is 0. The summed E-state index contributed by atoms with van der Waals surface area (Å²) < 4.78 is 0. The maximum atomic E-state index is 10.9. The minimum atomic E-state index is 0.231. The molecule has 1 atom stereocenters. The van der Waals surface area contributed by atoms with Gasteiger partial charge in [0, 0.05) is 5.92 Å². The molecule has 0 radical (unpaired) electrons. The number of rotatable bonds is 1. The van der Waals surface area contributed by atoms with E-state index in [1.165, 1.54) is 5.57 Å². The lowest BCUT2D eigenvalue weighted by atomic mass is 9.77. The van der Waals surface area contributed by atoms with Crippen LogP contribution in [0.5, 0.6) is 0 Å². The first-order chi connectivity index (χ1) is 4.18. The minimum absolute atomic E-state index is 0.231. The second-order valence-corrected chi connectivity index (χ2v) is 2.59. The molecular weight excluding hydrogens is 112 g/mol. The van der Waals surface area contributed by atoms with Gasteiger partial charge in [-0.15, -0.1) is 0 Å². The fourth-order valence-corrected chi connectivity index (χ4v) is 1.46. The Morgan fingerprint density at radius 3 is 2.33 bits per heavy atom. The quantitative estimate of drug-likeness (QED) is 0.522. The van der Waals surface area contributed by atoms with Crippen LogP contribution in [0.1, 0.15) is 27.2 Å². The van der Waals surface area contributed by atoms with E-state index in [0.29, 0.717) is 5.78 Å². The first-order valence-corrected chi connectivity index (χ1v) is 3.42. The van der Waals surface area contributed by atoms with Gasteiger partial charge in [0.25, 0.3) is 0 Å². The third-order valence-electron chi connectivity index (χ3n) is 2.15. The van der Waals surface area contributed by atoms with E-state index in [9.17, 15) is 4.79 Å². The zero-order chi connectivity index (χ0) is 7.02. The highest BCUT2D eigenvalue weighted by molar-refractivity contribution is 6.05. The monoisotopic (exact) mass is 124 g/mol. The Morgan fingerprint density at radius 2 is 2.11 bits per heavy atom. The smallest absolute Gasteiger partial charge is 0.165 e. The summed E-state index contributed by atoms with van der Waals surface area (Å²) in [4.78, 5) is 10.9. The first kappa shape index (κ1) is 6.53. The van der Waals surface area contributed by atoms with Gasteiger partial charge in [0.15, 0.2) is 5.78 Å². The maximum Gasteiger partial charge on any atom is 0.165 e. The lowest BCUT2D eigenvalue weighted by Gasteiger charge is -2.26. The SMILES string of the molecule is CCC1=C(C)C(=O)C1C. The molecule has 0 aromatic heterocycles. The molecule has 0 aromatic carbocycles. The fourth-order valence-electron chi connectivity index (χ4n) is 1.46. The number of ketones is 1. The van der Waals surface area contributed by atoms with Crippen molar-refractivity contribution in [3.05, 3.63) is 11.1 Å². The van der Waals surface area contributed by atoms with Crippen LogP contribution in [0.25, 0.3) is 0 Å². The van der Waals surface area contributed by atoms with Crippen LogP contribution in [-0.2, 0) is 4.79 Å². The Morgan fingerprint density at radius 1 is 1.56 bits per heavy atom. The number of Topliss-reactive ketones (excluding diaryl/α,β-unsaturated/α-hetero) is 1. The van der Waals surface area contributed by atoms with Crippen LogP contribution in [0.15, 0.2) is 11.1 Å². The lowest BCUT2D eigenvalue weighted by Crippen LogP contribution is -2.26. The van der Waals surface area contributed by atoms with Crippen molar-refractivity contribution in [3.63, 3.8) is 0 Å². The second kappa shape index (κ2) is 1.98. The molecule has 9 heavy (non-hydrogen) atoms. The third-order valence-corrected chi connectivity index (χ3v) is 2.15. The zero-order valence-electron chi connectivity index (χ0n) is 6.19. The standard InChI is InChI=1S/C8H12O/c1-4-7-5(2)8(9)6(7)3/h5H,4H2,1-3H3. The average Bonchev–Trinajstić information content (AvgIpc) is 1.89. The predicted octanol–water partition coefficient (Wildman–Crippen LogP) is 1.93. The number of carbonyl (C=O) groups excluding carboxylic acids is 1. The van der Waals surface area contributed by atoms with Crippen molar-refractivity contribution in [1.29, 1.82) is 0 Å². The predicted molar refractivity (Wildman–Crippen MR) is 37.2 cm³/mol. The molecule has 0 fully saturated rings.